The summed E-state index contributed by atoms with van der Waals surface area (Å²) in [5.74, 6) is -2.59. The molecule has 1 aromatic carbocycles. The molecule has 0 aliphatic carbocycles. The number of nitrogens with one attached hydrogen (secondary N) is 1. The number of hydrogen-bond donors (Lipinski definition) is 2. The largest absolute Gasteiger partial charge is 0.476 e. The first-order valence-corrected chi connectivity index (χ1v) is 7.64. The summed E-state index contributed by atoms with van der Waals surface area (Å²) in [6, 6.07) is 4.35. The van der Waals surface area contributed by atoms with Crippen LogP contribution in [-0.4, -0.2) is 36.7 Å². The second-order valence-electron chi connectivity index (χ2n) is 5.14. The zero-order valence-electron chi connectivity index (χ0n) is 13.1. The van der Waals surface area contributed by atoms with E-state index in [1.807, 2.05) is 0 Å². The number of carbonyl (C=O) groups excluding carboxylic acids is 1. The van der Waals surface area contributed by atoms with Crippen molar-refractivity contribution in [3.8, 4) is 0 Å². The van der Waals surface area contributed by atoms with Gasteiger partial charge in [-0.2, -0.15) is 5.10 Å². The number of benzene rings is 1. The van der Waals surface area contributed by atoms with Gasteiger partial charge in [-0.1, -0.05) is 17.7 Å². The lowest BCUT2D eigenvalue weighted by molar-refractivity contribution is 0.0685. The van der Waals surface area contributed by atoms with Crippen molar-refractivity contribution in [2.45, 2.75) is 6.54 Å². The Hall–Kier alpha value is -3.33. The van der Waals surface area contributed by atoms with Gasteiger partial charge in [-0.25, -0.2) is 19.2 Å². The van der Waals surface area contributed by atoms with E-state index in [0.29, 0.717) is 0 Å². The van der Waals surface area contributed by atoms with Gasteiger partial charge in [0.15, 0.2) is 11.4 Å². The van der Waals surface area contributed by atoms with Crippen LogP contribution in [0.5, 0.6) is 0 Å². The van der Waals surface area contributed by atoms with Crippen LogP contribution < -0.4 is 5.32 Å². The van der Waals surface area contributed by atoms with E-state index in [0.717, 1.165) is 0 Å². The van der Waals surface area contributed by atoms with Crippen LogP contribution in [0.4, 0.5) is 10.1 Å². The van der Waals surface area contributed by atoms with Gasteiger partial charge in [0.2, 0.25) is 0 Å². The van der Waals surface area contributed by atoms with E-state index < -0.39 is 23.4 Å². The first-order valence-electron chi connectivity index (χ1n) is 7.26. The average molecular weight is 376 g/mol. The van der Waals surface area contributed by atoms with Crippen molar-refractivity contribution in [3.63, 3.8) is 0 Å². The molecule has 0 saturated carbocycles. The summed E-state index contributed by atoms with van der Waals surface area (Å²) >= 11 is 5.98. The Morgan fingerprint density at radius 3 is 2.65 bits per heavy atom. The third kappa shape index (κ3) is 3.67. The smallest absolute Gasteiger partial charge is 0.356 e. The van der Waals surface area contributed by atoms with E-state index in [2.05, 4.69) is 20.4 Å². The molecule has 0 aliphatic heterocycles. The Kier molecular flexibility index (Phi) is 4.90. The van der Waals surface area contributed by atoms with Crippen molar-refractivity contribution in [1.29, 1.82) is 0 Å². The second-order valence-corrected chi connectivity index (χ2v) is 5.55. The molecule has 0 saturated heterocycles. The van der Waals surface area contributed by atoms with Crippen molar-refractivity contribution in [1.82, 2.24) is 19.7 Å². The lowest BCUT2D eigenvalue weighted by Crippen LogP contribution is -2.19. The van der Waals surface area contributed by atoms with E-state index in [9.17, 15) is 14.0 Å². The minimum absolute atomic E-state index is 0.0624. The number of carbonyl (C=O) groups is 2. The highest BCUT2D eigenvalue weighted by atomic mass is 35.5. The van der Waals surface area contributed by atoms with Gasteiger partial charge in [0.05, 0.1) is 18.4 Å². The lowest BCUT2D eigenvalue weighted by Gasteiger charge is -2.06. The molecule has 0 unspecified atom stereocenters. The number of anilines is 1. The fourth-order valence-electron chi connectivity index (χ4n) is 2.21. The van der Waals surface area contributed by atoms with E-state index in [1.54, 1.807) is 6.07 Å². The molecule has 132 valence electrons. The van der Waals surface area contributed by atoms with Gasteiger partial charge in [0.25, 0.3) is 5.91 Å². The van der Waals surface area contributed by atoms with Gasteiger partial charge in [-0.05, 0) is 12.1 Å². The molecule has 0 radical (unpaired) electrons. The number of aromatic nitrogens is 4. The van der Waals surface area contributed by atoms with Crippen LogP contribution in [0.2, 0.25) is 5.02 Å². The topological polar surface area (TPSA) is 110 Å². The van der Waals surface area contributed by atoms with Crippen LogP contribution in [0.1, 0.15) is 26.5 Å². The third-order valence-electron chi connectivity index (χ3n) is 3.39. The van der Waals surface area contributed by atoms with Crippen LogP contribution >= 0.6 is 11.6 Å². The quantitative estimate of drug-likeness (QED) is 0.708. The summed E-state index contributed by atoms with van der Waals surface area (Å²) < 4.78 is 15.2. The maximum Gasteiger partial charge on any atom is 0.356 e. The van der Waals surface area contributed by atoms with Gasteiger partial charge in [-0.3, -0.25) is 9.48 Å². The van der Waals surface area contributed by atoms with Crippen molar-refractivity contribution >= 4 is 29.2 Å². The van der Waals surface area contributed by atoms with Crippen molar-refractivity contribution < 1.29 is 19.1 Å². The zero-order valence-corrected chi connectivity index (χ0v) is 13.8. The minimum Gasteiger partial charge on any atom is -0.476 e. The number of hydrogen-bond acceptors (Lipinski definition) is 5. The predicted octanol–water partition coefficient (Wildman–Crippen LogP) is 2.46. The first-order chi connectivity index (χ1) is 12.5. The van der Waals surface area contributed by atoms with Crippen LogP contribution in [0.25, 0.3) is 0 Å². The van der Waals surface area contributed by atoms with Crippen LogP contribution in [0.3, 0.4) is 0 Å². The number of aromatic carboxylic acids is 1. The Morgan fingerprint density at radius 2 is 1.96 bits per heavy atom. The number of amides is 1. The van der Waals surface area contributed by atoms with Gasteiger partial charge in [0.1, 0.15) is 5.82 Å². The molecule has 0 fully saturated rings. The fraction of sp³-hybridized carbons (Fsp3) is 0.0625. The van der Waals surface area contributed by atoms with E-state index >= 15 is 0 Å². The van der Waals surface area contributed by atoms with Crippen LogP contribution in [0.15, 0.2) is 43.0 Å². The second kappa shape index (κ2) is 7.28. The summed E-state index contributed by atoms with van der Waals surface area (Å²) in [6.45, 7) is 0.0624. The van der Waals surface area contributed by atoms with Crippen LogP contribution in [0, 0.1) is 5.82 Å². The van der Waals surface area contributed by atoms with Crippen LogP contribution in [-0.2, 0) is 6.54 Å². The maximum atomic E-state index is 13.8. The summed E-state index contributed by atoms with van der Waals surface area (Å²) in [7, 11) is 0. The Bertz CT molecular complexity index is 971. The van der Waals surface area contributed by atoms with E-state index in [-0.39, 0.29) is 28.5 Å². The fourth-order valence-corrected chi connectivity index (χ4v) is 2.43. The molecule has 0 aliphatic rings. The molecule has 0 bridgehead atoms. The van der Waals surface area contributed by atoms with Crippen molar-refractivity contribution in [3.05, 3.63) is 70.8 Å². The summed E-state index contributed by atoms with van der Waals surface area (Å²) in [6.07, 6.45) is 5.18. The van der Waals surface area contributed by atoms with E-state index in [4.69, 9.17) is 16.7 Å². The molecule has 3 aromatic rings. The number of halogens is 2. The normalized spacial score (nSPS) is 10.5. The minimum atomic E-state index is -1.37. The van der Waals surface area contributed by atoms with Gasteiger partial charge in [0, 0.05) is 29.2 Å². The summed E-state index contributed by atoms with van der Waals surface area (Å²) in [5.41, 5.74) is -0.248. The zero-order chi connectivity index (χ0) is 18.7. The number of nitrogens with zero attached hydrogens (tertiary/aromatic N) is 4. The predicted molar refractivity (Wildman–Crippen MR) is 89.7 cm³/mol. The Labute approximate surface area is 151 Å². The Morgan fingerprint density at radius 1 is 1.23 bits per heavy atom. The molecule has 1 amide bonds. The lowest BCUT2D eigenvalue weighted by atomic mass is 10.2. The van der Waals surface area contributed by atoms with Gasteiger partial charge in [-0.15, -0.1) is 0 Å². The summed E-state index contributed by atoms with van der Waals surface area (Å²) in [4.78, 5) is 30.7. The van der Waals surface area contributed by atoms with E-state index in [1.165, 1.54) is 41.6 Å². The third-order valence-corrected chi connectivity index (χ3v) is 3.74. The first kappa shape index (κ1) is 17.5. The van der Waals surface area contributed by atoms with Crippen molar-refractivity contribution in [2.75, 3.05) is 5.32 Å². The molecule has 2 heterocycles. The molecule has 10 heteroatoms. The molecular formula is C16H11ClFN5O3. The molecule has 2 N–H and O–H groups in total. The summed E-state index contributed by atoms with van der Waals surface area (Å²) in [5, 5.41) is 15.8. The molecular weight excluding hydrogens is 365 g/mol. The number of carboxylic acid groups (broad SMARTS) is 1. The number of carboxylic acids is 1. The highest BCUT2D eigenvalue weighted by molar-refractivity contribution is 6.31. The Balaban J connectivity index is 1.77. The highest BCUT2D eigenvalue weighted by Gasteiger charge is 2.20. The molecule has 8 nitrogen and oxygen atoms in total. The molecule has 0 atom stereocenters. The SMILES string of the molecule is O=C(O)c1nccnc1C(=O)Nc1cnn(Cc2c(F)cccc2Cl)c1. The van der Waals surface area contributed by atoms with Gasteiger partial charge >= 0.3 is 5.97 Å². The molecule has 3 rings (SSSR count). The standard InChI is InChI=1S/C16H11ClFN5O3/c17-11-2-1-3-12(18)10(11)8-23-7-9(6-21-23)22-15(24)13-14(16(25)26)20-5-4-19-13/h1-7H,8H2,(H,22,24)(H,25,26). The number of rotatable bonds is 5. The van der Waals surface area contributed by atoms with Gasteiger partial charge < -0.3 is 10.4 Å². The van der Waals surface area contributed by atoms with Crippen molar-refractivity contribution in [2.24, 2.45) is 0 Å². The average Bonchev–Trinajstić information content (AvgIpc) is 3.05. The maximum absolute atomic E-state index is 13.8. The highest BCUT2D eigenvalue weighted by Crippen LogP contribution is 2.20. The molecule has 26 heavy (non-hydrogen) atoms. The molecule has 0 spiro atoms. The molecule has 2 aromatic heterocycles. The monoisotopic (exact) mass is 375 g/mol.